The van der Waals surface area contributed by atoms with E-state index in [9.17, 15) is 13.4 Å². The van der Waals surface area contributed by atoms with Crippen molar-refractivity contribution in [1.29, 1.82) is 0 Å². The number of H-pyrrole nitrogens is 1. The average Bonchev–Trinajstić information content (AvgIpc) is 2.47. The van der Waals surface area contributed by atoms with E-state index in [1.165, 1.54) is 18.2 Å². The number of fused-ring (bicyclic) bond motifs is 1. The van der Waals surface area contributed by atoms with Crippen molar-refractivity contribution >= 4 is 21.7 Å². The van der Waals surface area contributed by atoms with Crippen LogP contribution in [0.25, 0.3) is 10.9 Å². The molecule has 2 aromatic carbocycles. The minimum absolute atomic E-state index is 0.0407. The van der Waals surface area contributed by atoms with Gasteiger partial charge in [-0.25, -0.2) is 9.37 Å². The van der Waals surface area contributed by atoms with Crippen LogP contribution in [-0.4, -0.2) is 14.2 Å². The van der Waals surface area contributed by atoms with E-state index < -0.39 is 16.6 Å². The lowest BCUT2D eigenvalue weighted by molar-refractivity contribution is 0.595. The van der Waals surface area contributed by atoms with Gasteiger partial charge < -0.3 is 4.98 Å². The number of aromatic amines is 1. The van der Waals surface area contributed by atoms with Gasteiger partial charge in [-0.15, -0.1) is 0 Å². The Kier molecular flexibility index (Phi) is 3.62. The van der Waals surface area contributed by atoms with Crippen molar-refractivity contribution in [2.24, 2.45) is 0 Å². The van der Waals surface area contributed by atoms with Gasteiger partial charge in [-0.05, 0) is 24.3 Å². The standard InChI is InChI=1S/C15H11FN2O2S/c16-11-6-2-4-8-13(11)21(20)9-14-17-12-7-3-1-5-10(12)15(19)18-14/h1-8H,9H2,(H,17,18,19). The van der Waals surface area contributed by atoms with Crippen molar-refractivity contribution in [2.45, 2.75) is 10.6 Å². The van der Waals surface area contributed by atoms with Crippen molar-refractivity contribution < 1.29 is 8.60 Å². The van der Waals surface area contributed by atoms with Gasteiger partial charge in [0.15, 0.2) is 0 Å². The third-order valence-electron chi connectivity index (χ3n) is 3.01. The number of halogens is 1. The fourth-order valence-electron chi connectivity index (χ4n) is 2.03. The molecular formula is C15H11FN2O2S. The van der Waals surface area contributed by atoms with Gasteiger partial charge in [0.1, 0.15) is 11.6 Å². The monoisotopic (exact) mass is 302 g/mol. The van der Waals surface area contributed by atoms with Crippen molar-refractivity contribution in [2.75, 3.05) is 0 Å². The highest BCUT2D eigenvalue weighted by molar-refractivity contribution is 7.84. The van der Waals surface area contributed by atoms with E-state index in [1.807, 2.05) is 0 Å². The zero-order valence-corrected chi connectivity index (χ0v) is 11.7. The summed E-state index contributed by atoms with van der Waals surface area (Å²) < 4.78 is 25.8. The molecule has 1 heterocycles. The van der Waals surface area contributed by atoms with Crippen LogP contribution in [0.2, 0.25) is 0 Å². The molecule has 1 atom stereocenters. The second-order valence-electron chi connectivity index (χ2n) is 4.45. The first-order valence-electron chi connectivity index (χ1n) is 6.26. The van der Waals surface area contributed by atoms with Crippen molar-refractivity contribution in [1.82, 2.24) is 9.97 Å². The number of nitrogens with one attached hydrogen (secondary N) is 1. The first kappa shape index (κ1) is 13.6. The zero-order valence-electron chi connectivity index (χ0n) is 10.9. The Morgan fingerprint density at radius 3 is 2.62 bits per heavy atom. The van der Waals surface area contributed by atoms with Crippen LogP contribution >= 0.6 is 0 Å². The van der Waals surface area contributed by atoms with Gasteiger partial charge in [-0.1, -0.05) is 24.3 Å². The summed E-state index contributed by atoms with van der Waals surface area (Å²) in [7, 11) is -1.60. The van der Waals surface area contributed by atoms with Crippen LogP contribution in [0.3, 0.4) is 0 Å². The molecule has 0 aliphatic heterocycles. The summed E-state index contributed by atoms with van der Waals surface area (Å²) in [6, 6.07) is 12.8. The SMILES string of the molecule is O=c1[nH]c(CS(=O)c2ccccc2F)nc2ccccc12. The number of hydrogen-bond donors (Lipinski definition) is 1. The maximum absolute atomic E-state index is 13.6. The molecule has 3 rings (SSSR count). The predicted molar refractivity (Wildman–Crippen MR) is 78.9 cm³/mol. The average molecular weight is 302 g/mol. The second-order valence-corrected chi connectivity index (χ2v) is 5.87. The lowest BCUT2D eigenvalue weighted by Crippen LogP contribution is -2.13. The molecular weight excluding hydrogens is 291 g/mol. The Balaban J connectivity index is 1.97. The van der Waals surface area contributed by atoms with Crippen LogP contribution in [0.1, 0.15) is 5.82 Å². The van der Waals surface area contributed by atoms with Crippen molar-refractivity contribution in [3.05, 3.63) is 70.5 Å². The Hall–Kier alpha value is -2.34. The molecule has 3 aromatic rings. The number of nitrogens with zero attached hydrogens (tertiary/aromatic N) is 1. The Morgan fingerprint density at radius 2 is 1.81 bits per heavy atom. The van der Waals surface area contributed by atoms with Crippen molar-refractivity contribution in [3.63, 3.8) is 0 Å². The van der Waals surface area contributed by atoms with Crippen LogP contribution < -0.4 is 5.56 Å². The molecule has 0 saturated heterocycles. The molecule has 106 valence electrons. The van der Waals surface area contributed by atoms with Gasteiger partial charge in [-0.2, -0.15) is 0 Å². The lowest BCUT2D eigenvalue weighted by Gasteiger charge is -2.04. The smallest absolute Gasteiger partial charge is 0.258 e. The van der Waals surface area contributed by atoms with E-state index in [0.717, 1.165) is 0 Å². The molecule has 0 saturated carbocycles. The largest absolute Gasteiger partial charge is 0.309 e. The topological polar surface area (TPSA) is 62.8 Å². The molecule has 1 unspecified atom stereocenters. The number of benzene rings is 2. The van der Waals surface area contributed by atoms with Gasteiger partial charge in [0.2, 0.25) is 0 Å². The lowest BCUT2D eigenvalue weighted by atomic mass is 10.2. The summed E-state index contributed by atoms with van der Waals surface area (Å²) in [5.41, 5.74) is 0.239. The fourth-order valence-corrected chi connectivity index (χ4v) is 3.09. The molecule has 1 aromatic heterocycles. The van der Waals surface area contributed by atoms with Gasteiger partial charge in [0.05, 0.1) is 32.4 Å². The van der Waals surface area contributed by atoms with E-state index >= 15 is 0 Å². The highest BCUT2D eigenvalue weighted by Crippen LogP contribution is 2.14. The van der Waals surface area contributed by atoms with Crippen LogP contribution in [0, 0.1) is 5.82 Å². The van der Waals surface area contributed by atoms with Gasteiger partial charge >= 0.3 is 0 Å². The summed E-state index contributed by atoms with van der Waals surface area (Å²) in [6.45, 7) is 0. The number of hydrogen-bond acceptors (Lipinski definition) is 3. The fraction of sp³-hybridized carbons (Fsp3) is 0.0667. The minimum atomic E-state index is -1.60. The van der Waals surface area contributed by atoms with Gasteiger partial charge in [0, 0.05) is 0 Å². The minimum Gasteiger partial charge on any atom is -0.309 e. The van der Waals surface area contributed by atoms with Crippen molar-refractivity contribution in [3.8, 4) is 0 Å². The molecule has 1 N–H and O–H groups in total. The zero-order chi connectivity index (χ0) is 14.8. The highest BCUT2D eigenvalue weighted by atomic mass is 32.2. The summed E-state index contributed by atoms with van der Waals surface area (Å²) in [5.74, 6) is -0.291. The van der Waals surface area contributed by atoms with E-state index in [0.29, 0.717) is 10.9 Å². The van der Waals surface area contributed by atoms with E-state index in [-0.39, 0.29) is 22.0 Å². The summed E-state index contributed by atoms with van der Waals surface area (Å²) >= 11 is 0. The Bertz CT molecular complexity index is 892. The number of para-hydroxylation sites is 1. The van der Waals surface area contributed by atoms with E-state index in [1.54, 1.807) is 30.3 Å². The van der Waals surface area contributed by atoms with E-state index in [2.05, 4.69) is 9.97 Å². The quantitative estimate of drug-likeness (QED) is 0.808. The van der Waals surface area contributed by atoms with Crippen LogP contribution in [-0.2, 0) is 16.6 Å². The van der Waals surface area contributed by atoms with Gasteiger partial charge in [-0.3, -0.25) is 9.00 Å². The van der Waals surface area contributed by atoms with Crippen LogP contribution in [0.15, 0.2) is 58.2 Å². The predicted octanol–water partition coefficient (Wildman–Crippen LogP) is 2.37. The maximum Gasteiger partial charge on any atom is 0.258 e. The number of aromatic nitrogens is 2. The molecule has 0 radical (unpaired) electrons. The third kappa shape index (κ3) is 2.75. The molecule has 21 heavy (non-hydrogen) atoms. The third-order valence-corrected chi connectivity index (χ3v) is 4.37. The first-order valence-corrected chi connectivity index (χ1v) is 7.58. The Morgan fingerprint density at radius 1 is 1.10 bits per heavy atom. The van der Waals surface area contributed by atoms with Crippen LogP contribution in [0.5, 0.6) is 0 Å². The Labute approximate surface area is 122 Å². The summed E-state index contributed by atoms with van der Waals surface area (Å²) in [4.78, 5) is 18.9. The second kappa shape index (κ2) is 5.57. The molecule has 0 fully saturated rings. The summed E-state index contributed by atoms with van der Waals surface area (Å²) in [6.07, 6.45) is 0. The summed E-state index contributed by atoms with van der Waals surface area (Å²) in [5, 5.41) is 0.470. The first-order chi connectivity index (χ1) is 10.1. The highest BCUT2D eigenvalue weighted by Gasteiger charge is 2.12. The molecule has 0 aliphatic rings. The maximum atomic E-state index is 13.6. The number of rotatable bonds is 3. The molecule has 0 spiro atoms. The molecule has 0 amide bonds. The molecule has 0 bridgehead atoms. The van der Waals surface area contributed by atoms with Gasteiger partial charge in [0.25, 0.3) is 5.56 Å². The van der Waals surface area contributed by atoms with Crippen LogP contribution in [0.4, 0.5) is 4.39 Å². The normalized spacial score (nSPS) is 12.4. The molecule has 4 nitrogen and oxygen atoms in total. The molecule has 0 aliphatic carbocycles. The molecule has 6 heteroatoms. The van der Waals surface area contributed by atoms with E-state index in [4.69, 9.17) is 0 Å².